The Bertz CT molecular complexity index is 549. The van der Waals surface area contributed by atoms with Crippen LogP contribution in [0.1, 0.15) is 0 Å². The summed E-state index contributed by atoms with van der Waals surface area (Å²) in [5, 5.41) is 1.98. The third kappa shape index (κ3) is 3.29. The van der Waals surface area contributed by atoms with Crippen molar-refractivity contribution < 1.29 is 16.5 Å². The van der Waals surface area contributed by atoms with Crippen LogP contribution in [0.3, 0.4) is 0 Å². The largest absolute Gasteiger partial charge is 0.337 e. The zero-order chi connectivity index (χ0) is 12.1. The van der Waals surface area contributed by atoms with E-state index >= 15 is 0 Å². The van der Waals surface area contributed by atoms with E-state index in [0.29, 0.717) is 0 Å². The maximum atomic E-state index is 4.88. The standard InChI is InChI=1S/C10H7N3S.2ClH.Pt/c1-2-4-8-7(3-1)12-10(13-8)9-5-14-6-11-9;;;/h1-6H,(H,12,13);2*1H;/q;;;+2/p-2. The third-order valence-electron chi connectivity index (χ3n) is 2.06. The van der Waals surface area contributed by atoms with Gasteiger partial charge in [-0.15, -0.1) is 11.3 Å². The third-order valence-corrected chi connectivity index (χ3v) is 2.65. The van der Waals surface area contributed by atoms with Gasteiger partial charge in [0.25, 0.3) is 0 Å². The van der Waals surface area contributed by atoms with Gasteiger partial charge in [-0.2, -0.15) is 0 Å². The molecule has 0 radical (unpaired) electrons. The van der Waals surface area contributed by atoms with Crippen molar-refractivity contribution in [1.29, 1.82) is 0 Å². The summed E-state index contributed by atoms with van der Waals surface area (Å²) in [6, 6.07) is 7.97. The Morgan fingerprint density at radius 2 is 2.00 bits per heavy atom. The van der Waals surface area contributed by atoms with Gasteiger partial charge in [-0.3, -0.25) is 0 Å². The minimum atomic E-state index is -0.472. The fraction of sp³-hybridized carbons (Fsp3) is 0. The Kier molecular flexibility index (Phi) is 4.98. The maximum absolute atomic E-state index is 4.88. The Morgan fingerprint density at radius 3 is 2.65 bits per heavy atom. The number of hydrogen-bond acceptors (Lipinski definition) is 3. The van der Waals surface area contributed by atoms with Gasteiger partial charge in [-0.1, -0.05) is 12.1 Å². The predicted octanol–water partition coefficient (Wildman–Crippen LogP) is 4.06. The van der Waals surface area contributed by atoms with Gasteiger partial charge in [0, 0.05) is 5.38 Å². The SMILES string of the molecule is [Cl][Pt][Cl].c1ccc2[nH]c(-c3cscn3)nc2c1. The average Bonchev–Trinajstić information content (AvgIpc) is 2.99. The van der Waals surface area contributed by atoms with Crippen LogP contribution in [0, 0.1) is 0 Å². The first-order chi connectivity index (χ1) is 8.35. The number of imidazole rings is 1. The summed E-state index contributed by atoms with van der Waals surface area (Å²) in [6.45, 7) is 0. The summed E-state index contributed by atoms with van der Waals surface area (Å²) in [5.74, 6) is 0.840. The van der Waals surface area contributed by atoms with E-state index in [0.717, 1.165) is 22.6 Å². The number of thiazole rings is 1. The van der Waals surface area contributed by atoms with Crippen LogP contribution in [0.25, 0.3) is 22.6 Å². The minimum absolute atomic E-state index is 0.472. The van der Waals surface area contributed by atoms with Crippen molar-refractivity contribution in [2.24, 2.45) is 0 Å². The normalized spacial score (nSPS) is 10.2. The molecule has 0 aliphatic heterocycles. The summed E-state index contributed by atoms with van der Waals surface area (Å²) < 4.78 is 0. The molecule has 0 unspecified atom stereocenters. The van der Waals surface area contributed by atoms with Gasteiger partial charge in [-0.25, -0.2) is 9.97 Å². The number of para-hydroxylation sites is 2. The number of H-pyrrole nitrogens is 1. The first-order valence-electron chi connectivity index (χ1n) is 4.51. The van der Waals surface area contributed by atoms with Crippen LogP contribution >= 0.6 is 30.2 Å². The fourth-order valence-electron chi connectivity index (χ4n) is 1.40. The molecule has 2 aromatic heterocycles. The molecule has 92 valence electrons. The molecule has 0 atom stereocenters. The van der Waals surface area contributed by atoms with Crippen LogP contribution < -0.4 is 0 Å². The molecule has 0 aliphatic rings. The number of hydrogen-bond donors (Lipinski definition) is 1. The molecule has 0 amide bonds. The Balaban J connectivity index is 0.000000329. The molecular weight excluding hydrogens is 460 g/mol. The van der Waals surface area contributed by atoms with Crippen LogP contribution in [0.4, 0.5) is 0 Å². The minimum Gasteiger partial charge on any atom is -0.337 e. The number of benzene rings is 1. The van der Waals surface area contributed by atoms with E-state index in [-0.39, 0.29) is 0 Å². The molecule has 0 saturated carbocycles. The van der Waals surface area contributed by atoms with Crippen molar-refractivity contribution in [3.63, 3.8) is 0 Å². The van der Waals surface area contributed by atoms with E-state index in [1.165, 1.54) is 0 Å². The predicted molar refractivity (Wildman–Crippen MR) is 68.9 cm³/mol. The monoisotopic (exact) mass is 466 g/mol. The zero-order valence-corrected chi connectivity index (χ0v) is 12.9. The van der Waals surface area contributed by atoms with Crippen LogP contribution in [-0.2, 0) is 16.5 Å². The van der Waals surface area contributed by atoms with Gasteiger partial charge in [-0.05, 0) is 12.1 Å². The van der Waals surface area contributed by atoms with Crippen molar-refractivity contribution in [1.82, 2.24) is 15.0 Å². The summed E-state index contributed by atoms with van der Waals surface area (Å²) in [4.78, 5) is 11.9. The molecule has 1 N–H and O–H groups in total. The number of nitrogens with zero attached hydrogens (tertiary/aromatic N) is 2. The summed E-state index contributed by atoms with van der Waals surface area (Å²) in [5.41, 5.74) is 4.75. The molecule has 0 saturated heterocycles. The molecule has 0 aliphatic carbocycles. The van der Waals surface area contributed by atoms with Gasteiger partial charge in [0.05, 0.1) is 16.5 Å². The molecule has 0 fully saturated rings. The van der Waals surface area contributed by atoms with Crippen molar-refractivity contribution in [3.8, 4) is 11.5 Å². The number of nitrogens with one attached hydrogen (secondary N) is 1. The van der Waals surface area contributed by atoms with Crippen molar-refractivity contribution in [2.45, 2.75) is 0 Å². The van der Waals surface area contributed by atoms with Gasteiger partial charge in [0.2, 0.25) is 0 Å². The Labute approximate surface area is 119 Å². The van der Waals surface area contributed by atoms with Gasteiger partial charge in [0.1, 0.15) is 5.69 Å². The van der Waals surface area contributed by atoms with Gasteiger partial charge < -0.3 is 4.98 Å². The second-order valence-corrected chi connectivity index (χ2v) is 7.02. The molecule has 1 aromatic carbocycles. The van der Waals surface area contributed by atoms with Crippen LogP contribution in [0.15, 0.2) is 35.2 Å². The van der Waals surface area contributed by atoms with E-state index < -0.39 is 16.5 Å². The summed E-state index contributed by atoms with van der Waals surface area (Å²) in [6.07, 6.45) is 0. The zero-order valence-electron chi connectivity index (χ0n) is 8.34. The van der Waals surface area contributed by atoms with E-state index in [1.54, 1.807) is 11.3 Å². The summed E-state index contributed by atoms with van der Waals surface area (Å²) in [7, 11) is 9.75. The van der Waals surface area contributed by atoms with Crippen molar-refractivity contribution >= 4 is 41.2 Å². The molecular formula is C10H7Cl2N3PtS. The molecule has 7 heteroatoms. The fourth-order valence-corrected chi connectivity index (χ4v) is 1.94. The number of fused-ring (bicyclic) bond motifs is 1. The molecule has 17 heavy (non-hydrogen) atoms. The van der Waals surface area contributed by atoms with Crippen molar-refractivity contribution in [3.05, 3.63) is 35.2 Å². The average molecular weight is 467 g/mol. The Morgan fingerprint density at radius 1 is 1.24 bits per heavy atom. The summed E-state index contributed by atoms with van der Waals surface area (Å²) >= 11 is 1.10. The second-order valence-electron chi connectivity index (χ2n) is 3.02. The van der Waals surface area contributed by atoms with E-state index in [9.17, 15) is 0 Å². The molecule has 2 heterocycles. The second kappa shape index (κ2) is 6.50. The van der Waals surface area contributed by atoms with E-state index in [1.807, 2.05) is 35.2 Å². The first kappa shape index (κ1) is 13.0. The molecule has 3 aromatic rings. The molecule has 0 bridgehead atoms. The number of aromatic amines is 1. The topological polar surface area (TPSA) is 41.6 Å². The van der Waals surface area contributed by atoms with E-state index in [2.05, 4.69) is 15.0 Å². The number of halogens is 2. The first-order valence-corrected chi connectivity index (χ1v) is 11.1. The van der Waals surface area contributed by atoms with Crippen LogP contribution in [0.5, 0.6) is 0 Å². The molecule has 3 rings (SSSR count). The number of rotatable bonds is 1. The van der Waals surface area contributed by atoms with Gasteiger partial charge >= 0.3 is 35.3 Å². The smallest absolute Gasteiger partial charge is 0.158 e. The number of aromatic nitrogens is 3. The van der Waals surface area contributed by atoms with E-state index in [4.69, 9.17) is 18.8 Å². The van der Waals surface area contributed by atoms with Crippen molar-refractivity contribution in [2.75, 3.05) is 0 Å². The molecule has 3 nitrogen and oxygen atoms in total. The maximum Gasteiger partial charge on any atom is 0.158 e. The quantitative estimate of drug-likeness (QED) is 0.587. The van der Waals surface area contributed by atoms with Gasteiger partial charge in [0.15, 0.2) is 5.82 Å². The van der Waals surface area contributed by atoms with Crippen LogP contribution in [-0.4, -0.2) is 15.0 Å². The Hall–Kier alpha value is -0.412. The van der Waals surface area contributed by atoms with Crippen LogP contribution in [0.2, 0.25) is 0 Å². The molecule has 0 spiro atoms.